The summed E-state index contributed by atoms with van der Waals surface area (Å²) in [6.07, 6.45) is 3.36. The number of aromatic nitrogens is 4. The van der Waals surface area contributed by atoms with Gasteiger partial charge in [0.25, 0.3) is 0 Å². The van der Waals surface area contributed by atoms with E-state index in [1.54, 1.807) is 14.2 Å². The quantitative estimate of drug-likeness (QED) is 0.478. The fourth-order valence-corrected chi connectivity index (χ4v) is 2.82. The van der Waals surface area contributed by atoms with Crippen LogP contribution in [0.2, 0.25) is 0 Å². The molecule has 0 radical (unpaired) electrons. The molecule has 0 aliphatic heterocycles. The molecule has 7 heteroatoms. The highest BCUT2D eigenvalue weighted by molar-refractivity contribution is 7.85. The molecule has 0 spiro atoms. The van der Waals surface area contributed by atoms with E-state index in [-0.39, 0.29) is 0 Å². The van der Waals surface area contributed by atoms with Crippen molar-refractivity contribution in [1.29, 1.82) is 0 Å². The minimum absolute atomic E-state index is 0.633. The van der Waals surface area contributed by atoms with Gasteiger partial charge in [-0.2, -0.15) is 5.10 Å². The van der Waals surface area contributed by atoms with Gasteiger partial charge in [0, 0.05) is 21.0 Å². The molecule has 0 atom stereocenters. The van der Waals surface area contributed by atoms with E-state index >= 15 is 0 Å². The number of H-pyrrole nitrogens is 2. The summed E-state index contributed by atoms with van der Waals surface area (Å²) in [5.41, 5.74) is 2.73. The van der Waals surface area contributed by atoms with E-state index in [2.05, 4.69) is 39.4 Å². The average Bonchev–Trinajstić information content (AvgIpc) is 3.30. The maximum atomic E-state index is 5.25. The van der Waals surface area contributed by atoms with Crippen LogP contribution >= 0.6 is 12.6 Å². The summed E-state index contributed by atoms with van der Waals surface area (Å²) < 4.78 is 10.5. The molecule has 0 saturated carbocycles. The maximum absolute atomic E-state index is 5.25. The molecule has 0 unspecified atom stereocenters. The summed E-state index contributed by atoms with van der Waals surface area (Å²) in [5, 5.41) is 8.50. The Bertz CT molecular complexity index is 1030. The molecule has 2 heterocycles. The number of ether oxygens (including phenoxy) is 2. The Morgan fingerprint density at radius 2 is 1.96 bits per heavy atom. The van der Waals surface area contributed by atoms with Gasteiger partial charge in [0.2, 0.25) is 0 Å². The molecule has 134 valence electrons. The van der Waals surface area contributed by atoms with Crippen LogP contribution in [0.5, 0.6) is 5.75 Å². The van der Waals surface area contributed by atoms with E-state index in [1.165, 1.54) is 6.33 Å². The van der Waals surface area contributed by atoms with Crippen molar-refractivity contribution < 1.29 is 9.47 Å². The summed E-state index contributed by atoms with van der Waals surface area (Å²) in [6.45, 7) is 6.11. The minimum atomic E-state index is 0.633. The second kappa shape index (κ2) is 7.53. The van der Waals surface area contributed by atoms with Crippen molar-refractivity contribution in [1.82, 2.24) is 20.2 Å². The number of hydrogen-bond acceptors (Lipinski definition) is 5. The molecule has 0 amide bonds. The number of hydrogen-bond donors (Lipinski definition) is 3. The van der Waals surface area contributed by atoms with E-state index in [0.29, 0.717) is 10.7 Å². The van der Waals surface area contributed by atoms with Crippen LogP contribution in [0.4, 0.5) is 0 Å². The van der Waals surface area contributed by atoms with Gasteiger partial charge in [-0.05, 0) is 30.7 Å². The Labute approximate surface area is 156 Å². The fraction of sp³-hybridized carbons (Fsp3) is 0.158. The Morgan fingerprint density at radius 3 is 2.54 bits per heavy atom. The summed E-state index contributed by atoms with van der Waals surface area (Å²) in [4.78, 5) is 8.35. The van der Waals surface area contributed by atoms with Crippen LogP contribution in [0, 0.1) is 0 Å². The van der Waals surface area contributed by atoms with Crippen molar-refractivity contribution in [3.63, 3.8) is 0 Å². The molecule has 3 aromatic rings. The van der Waals surface area contributed by atoms with E-state index in [9.17, 15) is 0 Å². The average molecular weight is 368 g/mol. The van der Waals surface area contributed by atoms with Gasteiger partial charge >= 0.3 is 0 Å². The van der Waals surface area contributed by atoms with Gasteiger partial charge in [-0.15, -0.1) is 12.6 Å². The zero-order valence-corrected chi connectivity index (χ0v) is 15.7. The van der Waals surface area contributed by atoms with Gasteiger partial charge in [0.15, 0.2) is 5.82 Å². The van der Waals surface area contributed by atoms with Crippen LogP contribution in [-0.2, 0) is 4.74 Å². The number of methoxy groups -OCH3 is 2. The molecular weight excluding hydrogens is 348 g/mol. The van der Waals surface area contributed by atoms with Crippen molar-refractivity contribution in [2.45, 2.75) is 6.92 Å². The first kappa shape index (κ1) is 17.9. The summed E-state index contributed by atoms with van der Waals surface area (Å²) in [5.74, 6) is 2.14. The third-order valence-corrected chi connectivity index (χ3v) is 4.56. The minimum Gasteiger partial charge on any atom is -0.500 e. The highest BCUT2D eigenvalue weighted by Gasteiger charge is 2.14. The first-order valence-corrected chi connectivity index (χ1v) is 8.36. The van der Waals surface area contributed by atoms with Crippen LogP contribution in [0.3, 0.4) is 0 Å². The predicted octanol–water partition coefficient (Wildman–Crippen LogP) is 2.47. The van der Waals surface area contributed by atoms with Crippen LogP contribution < -0.4 is 15.3 Å². The lowest BCUT2D eigenvalue weighted by molar-refractivity contribution is 0.293. The van der Waals surface area contributed by atoms with Crippen LogP contribution in [0.1, 0.15) is 6.92 Å². The smallest absolute Gasteiger partial charge is 0.172 e. The van der Waals surface area contributed by atoms with Gasteiger partial charge in [-0.25, -0.2) is 4.98 Å². The molecule has 0 bridgehead atoms. The topological polar surface area (TPSA) is 75.8 Å². The monoisotopic (exact) mass is 368 g/mol. The molecule has 3 rings (SSSR count). The number of allylic oxidation sites excluding steroid dienone is 2. The summed E-state index contributed by atoms with van der Waals surface area (Å²) >= 11 is 4.49. The lowest BCUT2D eigenvalue weighted by Gasteiger charge is -2.04. The van der Waals surface area contributed by atoms with Crippen molar-refractivity contribution in [3.8, 4) is 28.4 Å². The summed E-state index contributed by atoms with van der Waals surface area (Å²) in [7, 11) is 3.26. The zero-order valence-electron chi connectivity index (χ0n) is 14.8. The van der Waals surface area contributed by atoms with E-state index in [4.69, 9.17) is 9.47 Å². The molecule has 1 aromatic carbocycles. The number of benzene rings is 1. The van der Waals surface area contributed by atoms with Gasteiger partial charge in [-0.3, -0.25) is 5.10 Å². The van der Waals surface area contributed by atoms with Gasteiger partial charge in [0.1, 0.15) is 17.8 Å². The molecule has 2 N–H and O–H groups in total. The van der Waals surface area contributed by atoms with Crippen molar-refractivity contribution >= 4 is 25.3 Å². The van der Waals surface area contributed by atoms with Crippen LogP contribution in [0.25, 0.3) is 35.3 Å². The molecule has 26 heavy (non-hydrogen) atoms. The first-order valence-electron chi connectivity index (χ1n) is 7.91. The molecule has 2 aromatic heterocycles. The second-order valence-corrected chi connectivity index (χ2v) is 6.10. The standard InChI is InChI=1S/C19H20N4O2S/c1-11-15(9-16(26)12(2)24-3)22-18(19-20-10-21-23-19)17(11)13-5-7-14(25-4)8-6-13/h5-10,22,26H,1H2,2-4H3,(H,20,21,23)/b15-9+,16-12-. The lowest BCUT2D eigenvalue weighted by Crippen LogP contribution is -2.22. The van der Waals surface area contributed by atoms with Gasteiger partial charge < -0.3 is 14.5 Å². The normalized spacial score (nSPS) is 12.8. The number of aromatic amines is 2. The Balaban J connectivity index is 2.25. The van der Waals surface area contributed by atoms with E-state index in [0.717, 1.165) is 38.9 Å². The number of nitrogens with one attached hydrogen (secondary N) is 2. The number of rotatable bonds is 5. The second-order valence-electron chi connectivity index (χ2n) is 5.62. The molecule has 0 saturated heterocycles. The number of nitrogens with zero attached hydrogens (tertiary/aromatic N) is 2. The highest BCUT2D eigenvalue weighted by Crippen LogP contribution is 2.26. The Hall–Kier alpha value is -2.93. The van der Waals surface area contributed by atoms with E-state index in [1.807, 2.05) is 37.3 Å². The van der Waals surface area contributed by atoms with Gasteiger partial charge in [-0.1, -0.05) is 18.7 Å². The highest BCUT2D eigenvalue weighted by atomic mass is 32.1. The molecule has 6 nitrogen and oxygen atoms in total. The van der Waals surface area contributed by atoms with Crippen LogP contribution in [-0.4, -0.2) is 34.4 Å². The van der Waals surface area contributed by atoms with E-state index < -0.39 is 0 Å². The zero-order chi connectivity index (χ0) is 18.7. The predicted molar refractivity (Wildman–Crippen MR) is 106 cm³/mol. The van der Waals surface area contributed by atoms with Crippen LogP contribution in [0.15, 0.2) is 41.3 Å². The fourth-order valence-electron chi connectivity index (χ4n) is 2.60. The largest absolute Gasteiger partial charge is 0.500 e. The molecule has 0 aliphatic carbocycles. The molecular formula is C19H20N4O2S. The number of thiol groups is 1. The van der Waals surface area contributed by atoms with Crippen molar-refractivity contribution in [2.24, 2.45) is 0 Å². The third kappa shape index (κ3) is 3.39. The summed E-state index contributed by atoms with van der Waals surface area (Å²) in [6, 6.07) is 7.79. The first-order chi connectivity index (χ1) is 12.5. The molecule has 0 fully saturated rings. The SMILES string of the molecule is C=c1c(-c2ccc(OC)cc2)c(-c2ncn[nH]2)[nH]/c1=C/C(S)=C(\C)OC. The van der Waals surface area contributed by atoms with Crippen molar-refractivity contribution in [3.05, 3.63) is 51.8 Å². The van der Waals surface area contributed by atoms with Gasteiger partial charge in [0.05, 0.1) is 19.9 Å². The Kier molecular flexibility index (Phi) is 5.18. The maximum Gasteiger partial charge on any atom is 0.172 e. The lowest BCUT2D eigenvalue weighted by atomic mass is 10.0. The third-order valence-electron chi connectivity index (χ3n) is 4.12. The van der Waals surface area contributed by atoms with Crippen molar-refractivity contribution in [2.75, 3.05) is 14.2 Å². The molecule has 0 aliphatic rings. The Morgan fingerprint density at radius 1 is 1.23 bits per heavy atom.